The van der Waals surface area contributed by atoms with E-state index in [-0.39, 0.29) is 18.0 Å². The first-order chi connectivity index (χ1) is 14.8. The zero-order valence-electron chi connectivity index (χ0n) is 18.1. The summed E-state index contributed by atoms with van der Waals surface area (Å²) in [4.78, 5) is 30.8. The molecule has 0 radical (unpaired) electrons. The number of carboxylic acids is 1. The minimum Gasteiger partial charge on any atom is -0.481 e. The molecule has 32 heavy (non-hydrogen) atoms. The highest BCUT2D eigenvalue weighted by Crippen LogP contribution is 2.28. The maximum absolute atomic E-state index is 11.8. The molecule has 0 bridgehead atoms. The number of nitrogens with zero attached hydrogens (tertiary/aromatic N) is 2. The number of aliphatic carboxylic acids is 1. The number of hydrogen-bond donors (Lipinski definition) is 3. The monoisotopic (exact) mass is 461 g/mol. The number of benzene rings is 1. The molecule has 1 aromatic carbocycles. The number of nitrogens with one attached hydrogen (secondary N) is 1. The van der Waals surface area contributed by atoms with Gasteiger partial charge in [-0.25, -0.2) is 4.98 Å². The molecule has 1 fully saturated rings. The van der Waals surface area contributed by atoms with Crippen molar-refractivity contribution in [2.75, 3.05) is 13.2 Å². The predicted octanol–water partition coefficient (Wildman–Crippen LogP) is 2.78. The van der Waals surface area contributed by atoms with Crippen molar-refractivity contribution in [2.24, 2.45) is 11.8 Å². The lowest BCUT2D eigenvalue weighted by Gasteiger charge is -2.27. The molecule has 9 heteroatoms. The normalized spacial score (nSPS) is 15.7. The van der Waals surface area contributed by atoms with Crippen LogP contribution in [0.3, 0.4) is 0 Å². The van der Waals surface area contributed by atoms with Crippen LogP contribution in [0.25, 0.3) is 22.4 Å². The maximum atomic E-state index is 11.8. The highest BCUT2D eigenvalue weighted by atomic mass is 35.5. The zero-order chi connectivity index (χ0) is 22.1. The molecule has 4 rings (SSSR count). The van der Waals surface area contributed by atoms with Crippen molar-refractivity contribution < 1.29 is 19.7 Å². The van der Waals surface area contributed by atoms with Crippen molar-refractivity contribution in [3.05, 3.63) is 51.9 Å². The SMILES string of the molecule is Cc1cc(-c2nc3cc(CC[C@H](C(=O)O)[C@@H](C)O)ccc3n2CC2COC2)c[nH]c1=O.Cl. The number of H-pyrrole nitrogens is 1. The fraction of sp³-hybridized carbons (Fsp3) is 0.435. The van der Waals surface area contributed by atoms with Crippen LogP contribution in [0.4, 0.5) is 0 Å². The summed E-state index contributed by atoms with van der Waals surface area (Å²) >= 11 is 0. The molecule has 8 nitrogen and oxygen atoms in total. The summed E-state index contributed by atoms with van der Waals surface area (Å²) in [6.45, 7) is 5.49. The largest absolute Gasteiger partial charge is 0.481 e. The van der Waals surface area contributed by atoms with Gasteiger partial charge in [-0.05, 0) is 50.5 Å². The van der Waals surface area contributed by atoms with Gasteiger partial charge >= 0.3 is 5.97 Å². The molecule has 2 aromatic heterocycles. The maximum Gasteiger partial charge on any atom is 0.309 e. The smallest absolute Gasteiger partial charge is 0.309 e. The number of hydrogen-bond acceptors (Lipinski definition) is 5. The van der Waals surface area contributed by atoms with E-state index >= 15 is 0 Å². The van der Waals surface area contributed by atoms with Crippen LogP contribution in [0.2, 0.25) is 0 Å². The third-order valence-electron chi connectivity index (χ3n) is 5.95. The van der Waals surface area contributed by atoms with E-state index in [1.807, 2.05) is 24.3 Å². The number of fused-ring (bicyclic) bond motifs is 1. The Morgan fingerprint density at radius 1 is 1.34 bits per heavy atom. The molecule has 1 saturated heterocycles. The Morgan fingerprint density at radius 2 is 2.09 bits per heavy atom. The lowest BCUT2D eigenvalue weighted by Crippen LogP contribution is -2.31. The van der Waals surface area contributed by atoms with Gasteiger partial charge in [0.2, 0.25) is 0 Å². The van der Waals surface area contributed by atoms with Crippen LogP contribution in [0.5, 0.6) is 0 Å². The number of aliphatic hydroxyl groups excluding tert-OH is 1. The Bertz CT molecular complexity index is 1170. The van der Waals surface area contributed by atoms with Crippen molar-refractivity contribution in [2.45, 2.75) is 39.3 Å². The summed E-state index contributed by atoms with van der Waals surface area (Å²) in [5, 5.41) is 19.0. The Labute approximate surface area is 191 Å². The van der Waals surface area contributed by atoms with Crippen LogP contribution in [-0.2, 0) is 22.5 Å². The lowest BCUT2D eigenvalue weighted by atomic mass is 9.95. The van der Waals surface area contributed by atoms with E-state index in [2.05, 4.69) is 9.55 Å². The Morgan fingerprint density at radius 3 is 2.69 bits per heavy atom. The average molecular weight is 462 g/mol. The third-order valence-corrected chi connectivity index (χ3v) is 5.95. The number of pyridine rings is 1. The van der Waals surface area contributed by atoms with Crippen LogP contribution in [0.1, 0.15) is 24.5 Å². The van der Waals surface area contributed by atoms with Crippen LogP contribution in [0, 0.1) is 18.8 Å². The quantitative estimate of drug-likeness (QED) is 0.474. The second kappa shape index (κ2) is 9.85. The van der Waals surface area contributed by atoms with Crippen LogP contribution >= 0.6 is 12.4 Å². The van der Waals surface area contributed by atoms with Gasteiger partial charge in [-0.1, -0.05) is 6.07 Å². The predicted molar refractivity (Wildman–Crippen MR) is 123 cm³/mol. The number of halogens is 1. The molecule has 1 aliphatic heterocycles. The molecule has 0 saturated carbocycles. The number of aromatic amines is 1. The molecule has 2 atom stereocenters. The Balaban J connectivity index is 0.00000289. The van der Waals surface area contributed by atoms with Gasteiger partial charge in [0.1, 0.15) is 5.82 Å². The van der Waals surface area contributed by atoms with E-state index in [4.69, 9.17) is 9.72 Å². The zero-order valence-corrected chi connectivity index (χ0v) is 18.9. The standard InChI is InChI=1S/C23H27N3O5.ClH/c1-13-7-17(9-24-22(13)28)21-25-19-8-15(3-5-18(14(2)27)23(29)30)4-6-20(19)26(21)10-16-11-31-12-16;/h4,6-9,14,16,18,27H,3,5,10-12H2,1-2H3,(H,24,28)(H,29,30);1H/t14-,18+;/m1./s1. The topological polar surface area (TPSA) is 117 Å². The van der Waals surface area contributed by atoms with Gasteiger partial charge in [-0.3, -0.25) is 9.59 Å². The van der Waals surface area contributed by atoms with Crippen LogP contribution in [0.15, 0.2) is 35.3 Å². The number of aliphatic hydroxyl groups is 1. The van der Waals surface area contributed by atoms with E-state index in [9.17, 15) is 19.8 Å². The molecule has 0 unspecified atom stereocenters. The number of aromatic nitrogens is 3. The van der Waals surface area contributed by atoms with E-state index < -0.39 is 18.0 Å². The Kier molecular flexibility index (Phi) is 7.38. The highest BCUT2D eigenvalue weighted by molar-refractivity contribution is 5.85. The lowest BCUT2D eigenvalue weighted by molar-refractivity contribution is -0.145. The summed E-state index contributed by atoms with van der Waals surface area (Å²) in [5.41, 5.74) is 4.13. The van der Waals surface area contributed by atoms with E-state index in [0.717, 1.165) is 47.7 Å². The van der Waals surface area contributed by atoms with E-state index in [1.165, 1.54) is 6.92 Å². The summed E-state index contributed by atoms with van der Waals surface area (Å²) in [7, 11) is 0. The van der Waals surface area contributed by atoms with Crippen molar-refractivity contribution >= 4 is 29.4 Å². The van der Waals surface area contributed by atoms with Crippen molar-refractivity contribution in [3.8, 4) is 11.4 Å². The molecular weight excluding hydrogens is 434 g/mol. The summed E-state index contributed by atoms with van der Waals surface area (Å²) in [5.74, 6) is -0.585. The van der Waals surface area contributed by atoms with Gasteiger partial charge in [0, 0.05) is 29.8 Å². The van der Waals surface area contributed by atoms with Crippen molar-refractivity contribution in [3.63, 3.8) is 0 Å². The van der Waals surface area contributed by atoms with Gasteiger partial charge in [0.25, 0.3) is 5.56 Å². The van der Waals surface area contributed by atoms with Crippen LogP contribution in [-0.4, -0.2) is 50.0 Å². The number of ether oxygens (including phenoxy) is 1. The van der Waals surface area contributed by atoms with Gasteiger partial charge in [0.15, 0.2) is 0 Å². The first-order valence-electron chi connectivity index (χ1n) is 10.5. The highest BCUT2D eigenvalue weighted by Gasteiger charge is 2.24. The fourth-order valence-corrected chi connectivity index (χ4v) is 4.00. The van der Waals surface area contributed by atoms with Crippen LogP contribution < -0.4 is 5.56 Å². The van der Waals surface area contributed by atoms with Gasteiger partial charge in [-0.2, -0.15) is 0 Å². The number of aryl methyl sites for hydroxylation is 2. The first-order valence-corrected chi connectivity index (χ1v) is 10.5. The van der Waals surface area contributed by atoms with Gasteiger partial charge in [-0.15, -0.1) is 12.4 Å². The molecule has 3 N–H and O–H groups in total. The number of carboxylic acid groups (broad SMARTS) is 1. The minimum atomic E-state index is -0.987. The van der Waals surface area contributed by atoms with E-state index in [1.54, 1.807) is 13.1 Å². The summed E-state index contributed by atoms with van der Waals surface area (Å²) in [6.07, 6.45) is 1.67. The summed E-state index contributed by atoms with van der Waals surface area (Å²) in [6, 6.07) is 7.82. The molecule has 3 heterocycles. The minimum absolute atomic E-state index is 0. The Hall–Kier alpha value is -2.68. The molecule has 0 spiro atoms. The van der Waals surface area contributed by atoms with Gasteiger partial charge < -0.3 is 24.5 Å². The summed E-state index contributed by atoms with van der Waals surface area (Å²) < 4.78 is 7.50. The average Bonchev–Trinajstić information content (AvgIpc) is 3.04. The van der Waals surface area contributed by atoms with Crippen molar-refractivity contribution in [1.82, 2.24) is 14.5 Å². The van der Waals surface area contributed by atoms with Gasteiger partial charge in [0.05, 0.1) is 36.3 Å². The molecule has 0 amide bonds. The molecule has 172 valence electrons. The molecular formula is C23H28ClN3O5. The molecule has 0 aliphatic carbocycles. The third kappa shape index (κ3) is 4.87. The number of imidazole rings is 1. The fourth-order valence-electron chi connectivity index (χ4n) is 4.00. The first kappa shape index (κ1) is 24.0. The molecule has 1 aliphatic rings. The molecule has 3 aromatic rings. The van der Waals surface area contributed by atoms with Crippen molar-refractivity contribution in [1.29, 1.82) is 0 Å². The number of rotatable bonds is 8. The number of carbonyl (C=O) groups is 1. The van der Waals surface area contributed by atoms with E-state index in [0.29, 0.717) is 24.3 Å². The second-order valence-corrected chi connectivity index (χ2v) is 8.40. The second-order valence-electron chi connectivity index (χ2n) is 8.40.